The van der Waals surface area contributed by atoms with E-state index in [1.165, 1.54) is 28.5 Å². The van der Waals surface area contributed by atoms with Crippen LogP contribution in [0.1, 0.15) is 68.2 Å². The third kappa shape index (κ3) is 13.3. The van der Waals surface area contributed by atoms with E-state index in [1.54, 1.807) is 61.8 Å². The number of carbonyl (C=O) groups excluding carboxylic acids is 3. The minimum atomic E-state index is -1.01. The molecule has 2 aromatic rings. The molecule has 2 heterocycles. The molecule has 0 spiro atoms. The van der Waals surface area contributed by atoms with Gasteiger partial charge in [0.2, 0.25) is 5.82 Å². The van der Waals surface area contributed by atoms with E-state index in [4.69, 9.17) is 14.6 Å². The Morgan fingerprint density at radius 1 is 0.973 bits per heavy atom. The van der Waals surface area contributed by atoms with Crippen LogP contribution in [0.15, 0.2) is 18.5 Å². The van der Waals surface area contributed by atoms with Gasteiger partial charge < -0.3 is 33.9 Å². The number of carbonyl (C=O) groups is 4. The number of imidazole rings is 1. The van der Waals surface area contributed by atoms with Gasteiger partial charge in [-0.3, -0.25) is 10.1 Å². The molecule has 0 atom stereocenters. The van der Waals surface area contributed by atoms with Gasteiger partial charge in [0.25, 0.3) is 0 Å². The van der Waals surface area contributed by atoms with E-state index in [9.17, 15) is 19.2 Å². The number of rotatable bonds is 5. The molecule has 0 aliphatic heterocycles. The second-order valence-electron chi connectivity index (χ2n) is 9.59. The second kappa shape index (κ2) is 14.8. The molecule has 13 nitrogen and oxygen atoms in total. The first-order valence-electron chi connectivity index (χ1n) is 10.6. The largest absolute Gasteiger partial charge is 1.00 e. The summed E-state index contributed by atoms with van der Waals surface area (Å²) < 4.78 is 17.7. The topological polar surface area (TPSA) is 181 Å². The van der Waals surface area contributed by atoms with Gasteiger partial charge in [-0.1, -0.05) is 0 Å². The molecule has 0 aromatic carbocycles. The standard InChI is InChI=1S/C12H17NO4.C11H17N3O4.Na.H2O/c1-12(2,3)17-10(14)6-8-5-9(11(15)16)13(4)7-8;1-11(2,3)18-10(16)13-7-6-14(4)8(12-7)9(15)17-5;;/h5,7H,6H2,1-4H3,(H,15,16);6H,1-5H3,(H,13,16);;1H2/q;;+1;/p-1. The van der Waals surface area contributed by atoms with Crippen molar-refractivity contribution in [2.75, 3.05) is 12.4 Å². The first-order valence-corrected chi connectivity index (χ1v) is 10.6. The van der Waals surface area contributed by atoms with Gasteiger partial charge in [-0.05, 0) is 53.2 Å². The Morgan fingerprint density at radius 3 is 1.95 bits per heavy atom. The molecule has 0 aliphatic rings. The van der Waals surface area contributed by atoms with E-state index >= 15 is 0 Å². The number of esters is 2. The first kappa shape index (κ1) is 36.3. The fourth-order valence-electron chi connectivity index (χ4n) is 2.70. The molecule has 0 radical (unpaired) electrons. The first-order chi connectivity index (χ1) is 15.9. The monoisotopic (exact) mass is 534 g/mol. The molecule has 2 rings (SSSR count). The SMILES string of the molecule is COC(=O)c1nc(NC(=O)OC(C)(C)C)cn1C.Cn1cc(CC(=O)OC(C)(C)C)cc1C(=O)O.[Na+].[OH-]. The molecule has 202 valence electrons. The van der Waals surface area contributed by atoms with Crippen molar-refractivity contribution in [3.63, 3.8) is 0 Å². The Hall–Kier alpha value is -2.87. The maximum atomic E-state index is 11.5. The van der Waals surface area contributed by atoms with Crippen LogP contribution in [0.2, 0.25) is 0 Å². The van der Waals surface area contributed by atoms with Gasteiger partial charge in [0.1, 0.15) is 16.9 Å². The number of anilines is 1. The summed E-state index contributed by atoms with van der Waals surface area (Å²) in [6.07, 6.45) is 2.57. The number of aromatic nitrogens is 3. The number of carboxylic acid groups (broad SMARTS) is 1. The Morgan fingerprint density at radius 2 is 1.51 bits per heavy atom. The average Bonchev–Trinajstić information content (AvgIpc) is 3.20. The Kier molecular flexibility index (Phi) is 14.5. The summed E-state index contributed by atoms with van der Waals surface area (Å²) in [6, 6.07) is 1.48. The van der Waals surface area contributed by atoms with Gasteiger partial charge in [-0.25, -0.2) is 19.4 Å². The molecule has 0 fully saturated rings. The van der Waals surface area contributed by atoms with Crippen LogP contribution in [0.4, 0.5) is 10.6 Å². The second-order valence-corrected chi connectivity index (χ2v) is 9.59. The number of nitrogens with zero attached hydrogens (tertiary/aromatic N) is 3. The number of aryl methyl sites for hydroxylation is 2. The van der Waals surface area contributed by atoms with Crippen LogP contribution in [0.3, 0.4) is 0 Å². The van der Waals surface area contributed by atoms with Crippen molar-refractivity contribution in [2.45, 2.75) is 59.2 Å². The van der Waals surface area contributed by atoms with Crippen LogP contribution >= 0.6 is 0 Å². The molecule has 0 aliphatic carbocycles. The number of ether oxygens (including phenoxy) is 3. The number of amides is 1. The predicted molar refractivity (Wildman–Crippen MR) is 128 cm³/mol. The predicted octanol–water partition coefficient (Wildman–Crippen LogP) is -0.0116. The van der Waals surface area contributed by atoms with Crippen LogP contribution in [-0.2, 0) is 39.5 Å². The van der Waals surface area contributed by atoms with Gasteiger partial charge in [0, 0.05) is 26.5 Å². The van der Waals surface area contributed by atoms with Gasteiger partial charge in [0.05, 0.1) is 13.5 Å². The normalized spacial score (nSPS) is 10.5. The van der Waals surface area contributed by atoms with Crippen molar-refractivity contribution in [3.8, 4) is 0 Å². The number of nitrogens with one attached hydrogen (secondary N) is 1. The summed E-state index contributed by atoms with van der Waals surface area (Å²) >= 11 is 0. The molecular formula is C23H35N4NaO9. The fraction of sp³-hybridized carbons (Fsp3) is 0.522. The molecule has 0 bridgehead atoms. The zero-order valence-corrected chi connectivity index (χ0v) is 25.0. The van der Waals surface area contributed by atoms with Crippen molar-refractivity contribution in [1.29, 1.82) is 0 Å². The quantitative estimate of drug-likeness (QED) is 0.301. The van der Waals surface area contributed by atoms with Crippen molar-refractivity contribution < 1.29 is 73.5 Å². The fourth-order valence-corrected chi connectivity index (χ4v) is 2.70. The molecule has 14 heteroatoms. The van der Waals surface area contributed by atoms with Gasteiger partial charge >= 0.3 is 53.6 Å². The molecule has 0 saturated carbocycles. The minimum absolute atomic E-state index is 0. The van der Waals surface area contributed by atoms with Crippen molar-refractivity contribution in [2.24, 2.45) is 14.1 Å². The summed E-state index contributed by atoms with van der Waals surface area (Å²) in [7, 11) is 4.51. The number of carboxylic acids is 1. The summed E-state index contributed by atoms with van der Waals surface area (Å²) in [6.45, 7) is 10.6. The van der Waals surface area contributed by atoms with E-state index in [-0.39, 0.29) is 64.8 Å². The van der Waals surface area contributed by atoms with Crippen molar-refractivity contribution in [3.05, 3.63) is 35.5 Å². The van der Waals surface area contributed by atoms with E-state index in [0.29, 0.717) is 5.56 Å². The Bertz CT molecular complexity index is 1080. The van der Waals surface area contributed by atoms with Gasteiger partial charge in [-0.2, -0.15) is 0 Å². The van der Waals surface area contributed by atoms with Crippen LogP contribution in [-0.4, -0.2) is 67.0 Å². The maximum Gasteiger partial charge on any atom is 1.00 e. The third-order valence-corrected chi connectivity index (χ3v) is 3.92. The maximum absolute atomic E-state index is 11.5. The number of hydrogen-bond donors (Lipinski definition) is 2. The summed E-state index contributed by atoms with van der Waals surface area (Å²) in [5.41, 5.74) is -0.325. The smallest absolute Gasteiger partial charge is 0.870 e. The molecule has 0 unspecified atom stereocenters. The van der Waals surface area contributed by atoms with Crippen LogP contribution in [0, 0.1) is 0 Å². The summed E-state index contributed by atoms with van der Waals surface area (Å²) in [5, 5.41) is 11.3. The molecule has 1 amide bonds. The van der Waals surface area contributed by atoms with E-state index in [1.807, 2.05) is 0 Å². The van der Waals surface area contributed by atoms with E-state index in [0.717, 1.165) is 0 Å². The van der Waals surface area contributed by atoms with Crippen molar-refractivity contribution >= 4 is 29.8 Å². The van der Waals surface area contributed by atoms with Crippen molar-refractivity contribution in [1.82, 2.24) is 14.1 Å². The third-order valence-electron chi connectivity index (χ3n) is 3.92. The Labute approximate surface area is 238 Å². The molecular weight excluding hydrogens is 499 g/mol. The van der Waals surface area contributed by atoms with Crippen LogP contribution < -0.4 is 34.9 Å². The molecule has 0 saturated heterocycles. The van der Waals surface area contributed by atoms with Crippen LogP contribution in [0.25, 0.3) is 0 Å². The molecule has 3 N–H and O–H groups in total. The van der Waals surface area contributed by atoms with Gasteiger partial charge in [-0.15, -0.1) is 0 Å². The van der Waals surface area contributed by atoms with Crippen LogP contribution in [0.5, 0.6) is 0 Å². The minimum Gasteiger partial charge on any atom is -0.870 e. The summed E-state index contributed by atoms with van der Waals surface area (Å²) in [5.74, 6) is -1.62. The molecule has 2 aromatic heterocycles. The zero-order chi connectivity index (χ0) is 27.1. The number of hydrogen-bond acceptors (Lipinski definition) is 9. The van der Waals surface area contributed by atoms with Gasteiger partial charge in [0.15, 0.2) is 5.82 Å². The molecule has 37 heavy (non-hydrogen) atoms. The van der Waals surface area contributed by atoms with E-state index < -0.39 is 29.2 Å². The van der Waals surface area contributed by atoms with E-state index in [2.05, 4.69) is 15.0 Å². The average molecular weight is 535 g/mol. The Balaban J connectivity index is 0. The number of aromatic carboxylic acids is 1. The zero-order valence-electron chi connectivity index (χ0n) is 23.0. The summed E-state index contributed by atoms with van der Waals surface area (Å²) in [4.78, 5) is 49.1. The number of methoxy groups -OCH3 is 1.